The maximum absolute atomic E-state index is 9.24. The van der Waals surface area contributed by atoms with E-state index in [4.69, 9.17) is 14.2 Å². The highest BCUT2D eigenvalue weighted by molar-refractivity contribution is 5.43. The number of rotatable bonds is 9. The fraction of sp³-hybridized carbons (Fsp3) is 0.600. The van der Waals surface area contributed by atoms with Crippen LogP contribution in [0.25, 0.3) is 0 Å². The molecule has 0 aliphatic carbocycles. The van der Waals surface area contributed by atoms with Crippen LogP contribution in [0.15, 0.2) is 18.2 Å². The van der Waals surface area contributed by atoms with Gasteiger partial charge in [0.1, 0.15) is 0 Å². The number of aliphatic hydroxyl groups excluding tert-OH is 1. The number of hydrogen-bond donors (Lipinski definition) is 2. The maximum atomic E-state index is 9.24. The molecule has 0 aliphatic heterocycles. The van der Waals surface area contributed by atoms with Crippen molar-refractivity contribution in [3.8, 4) is 11.5 Å². The van der Waals surface area contributed by atoms with Gasteiger partial charge in [-0.05, 0) is 31.0 Å². The normalized spacial score (nSPS) is 13.8. The summed E-state index contributed by atoms with van der Waals surface area (Å²) in [4.78, 5) is 0. The highest BCUT2D eigenvalue weighted by Crippen LogP contribution is 2.27. The smallest absolute Gasteiger partial charge is 0.160 e. The van der Waals surface area contributed by atoms with Crippen LogP contribution in [-0.2, 0) is 11.2 Å². The first kappa shape index (κ1) is 16.8. The molecule has 1 rings (SSSR count). The van der Waals surface area contributed by atoms with Gasteiger partial charge >= 0.3 is 0 Å². The van der Waals surface area contributed by atoms with Crippen LogP contribution in [0.4, 0.5) is 0 Å². The molecule has 5 nitrogen and oxygen atoms in total. The molecule has 0 aliphatic rings. The minimum Gasteiger partial charge on any atom is -0.493 e. The molecule has 5 heteroatoms. The highest BCUT2D eigenvalue weighted by atomic mass is 16.5. The molecule has 1 aromatic rings. The summed E-state index contributed by atoms with van der Waals surface area (Å²) < 4.78 is 15.6. The first-order chi connectivity index (χ1) is 9.64. The highest BCUT2D eigenvalue weighted by Gasteiger charge is 2.12. The zero-order valence-corrected chi connectivity index (χ0v) is 12.7. The van der Waals surface area contributed by atoms with Crippen LogP contribution in [-0.4, -0.2) is 51.7 Å². The Bertz CT molecular complexity index is 397. The van der Waals surface area contributed by atoms with Gasteiger partial charge in [0.15, 0.2) is 11.5 Å². The van der Waals surface area contributed by atoms with Gasteiger partial charge in [-0.1, -0.05) is 6.07 Å². The average Bonchev–Trinajstić information content (AvgIpc) is 2.46. The lowest BCUT2D eigenvalue weighted by Gasteiger charge is -2.21. The molecular formula is C15H25NO4. The second-order valence-electron chi connectivity index (χ2n) is 4.80. The monoisotopic (exact) mass is 283 g/mol. The van der Waals surface area contributed by atoms with Gasteiger partial charge in [0.25, 0.3) is 0 Å². The van der Waals surface area contributed by atoms with Crippen LogP contribution < -0.4 is 14.8 Å². The molecule has 0 aromatic heterocycles. The van der Waals surface area contributed by atoms with Crippen LogP contribution in [0.2, 0.25) is 0 Å². The number of benzene rings is 1. The van der Waals surface area contributed by atoms with E-state index in [-0.39, 0.29) is 18.7 Å². The maximum Gasteiger partial charge on any atom is 0.160 e. The van der Waals surface area contributed by atoms with Crippen molar-refractivity contribution in [1.82, 2.24) is 5.32 Å². The van der Waals surface area contributed by atoms with E-state index >= 15 is 0 Å². The van der Waals surface area contributed by atoms with E-state index in [9.17, 15) is 5.11 Å². The fourth-order valence-corrected chi connectivity index (χ4v) is 2.18. The lowest BCUT2D eigenvalue weighted by molar-refractivity contribution is 0.123. The Hall–Kier alpha value is -1.30. The van der Waals surface area contributed by atoms with Crippen LogP contribution in [0, 0.1) is 0 Å². The summed E-state index contributed by atoms with van der Waals surface area (Å²) in [6.07, 6.45) is 0.834. The second-order valence-corrected chi connectivity index (χ2v) is 4.80. The molecule has 0 saturated carbocycles. The molecule has 2 atom stereocenters. The Morgan fingerprint density at radius 2 is 1.85 bits per heavy atom. The Balaban J connectivity index is 2.63. The Labute approximate surface area is 120 Å². The molecule has 0 saturated heterocycles. The van der Waals surface area contributed by atoms with E-state index in [1.807, 2.05) is 18.2 Å². The molecule has 2 N–H and O–H groups in total. The van der Waals surface area contributed by atoms with Crippen molar-refractivity contribution in [3.63, 3.8) is 0 Å². The minimum atomic E-state index is -0.0462. The number of hydrogen-bond acceptors (Lipinski definition) is 5. The van der Waals surface area contributed by atoms with E-state index in [2.05, 4.69) is 12.2 Å². The van der Waals surface area contributed by atoms with Crippen molar-refractivity contribution < 1.29 is 19.3 Å². The van der Waals surface area contributed by atoms with Gasteiger partial charge in [0.05, 0.1) is 33.5 Å². The molecule has 0 spiro atoms. The SMILES string of the molecule is COCC(CO)NC(C)Cc1ccc(OC)c(OC)c1. The number of aliphatic hydroxyl groups is 1. The predicted octanol–water partition coefficient (Wildman–Crippen LogP) is 1.23. The Morgan fingerprint density at radius 1 is 1.15 bits per heavy atom. The zero-order chi connectivity index (χ0) is 15.0. The van der Waals surface area contributed by atoms with E-state index < -0.39 is 0 Å². The summed E-state index contributed by atoms with van der Waals surface area (Å²) in [7, 11) is 4.88. The number of ether oxygens (including phenoxy) is 3. The van der Waals surface area contributed by atoms with Crippen LogP contribution in [0.5, 0.6) is 11.5 Å². The third kappa shape index (κ3) is 5.00. The van der Waals surface area contributed by atoms with Gasteiger partial charge < -0.3 is 24.6 Å². The second kappa shape index (κ2) is 8.79. The molecule has 0 fully saturated rings. The van der Waals surface area contributed by atoms with Crippen molar-refractivity contribution in [2.45, 2.75) is 25.4 Å². The van der Waals surface area contributed by atoms with Crippen molar-refractivity contribution in [1.29, 1.82) is 0 Å². The van der Waals surface area contributed by atoms with Gasteiger partial charge in [-0.2, -0.15) is 0 Å². The van der Waals surface area contributed by atoms with E-state index in [1.165, 1.54) is 0 Å². The molecule has 0 heterocycles. The van der Waals surface area contributed by atoms with Crippen molar-refractivity contribution in [2.75, 3.05) is 34.5 Å². The van der Waals surface area contributed by atoms with Crippen molar-refractivity contribution in [2.24, 2.45) is 0 Å². The molecule has 20 heavy (non-hydrogen) atoms. The van der Waals surface area contributed by atoms with Gasteiger partial charge in [-0.15, -0.1) is 0 Å². The van der Waals surface area contributed by atoms with Gasteiger partial charge in [0, 0.05) is 13.2 Å². The fourth-order valence-electron chi connectivity index (χ4n) is 2.18. The number of nitrogens with one attached hydrogen (secondary N) is 1. The zero-order valence-electron chi connectivity index (χ0n) is 12.7. The Morgan fingerprint density at radius 3 is 2.40 bits per heavy atom. The summed E-state index contributed by atoms with van der Waals surface area (Å²) in [6, 6.07) is 6.07. The lowest BCUT2D eigenvalue weighted by atomic mass is 10.1. The van der Waals surface area contributed by atoms with Crippen molar-refractivity contribution >= 4 is 0 Å². The van der Waals surface area contributed by atoms with Gasteiger partial charge in [-0.25, -0.2) is 0 Å². The lowest BCUT2D eigenvalue weighted by Crippen LogP contribution is -2.42. The average molecular weight is 283 g/mol. The third-order valence-electron chi connectivity index (χ3n) is 3.10. The standard InChI is InChI=1S/C15H25NO4/c1-11(16-13(9-17)10-18-2)7-12-5-6-14(19-3)15(8-12)20-4/h5-6,8,11,13,16-17H,7,9-10H2,1-4H3. The quantitative estimate of drug-likeness (QED) is 0.714. The molecule has 0 bridgehead atoms. The van der Waals surface area contributed by atoms with E-state index in [1.54, 1.807) is 21.3 Å². The summed E-state index contributed by atoms with van der Waals surface area (Å²) in [5, 5.41) is 12.6. The van der Waals surface area contributed by atoms with Gasteiger partial charge in [-0.3, -0.25) is 0 Å². The molecule has 2 unspecified atom stereocenters. The van der Waals surface area contributed by atoms with Crippen LogP contribution in [0.1, 0.15) is 12.5 Å². The predicted molar refractivity (Wildman–Crippen MR) is 78.6 cm³/mol. The summed E-state index contributed by atoms with van der Waals surface area (Å²) >= 11 is 0. The summed E-state index contributed by atoms with van der Waals surface area (Å²) in [6.45, 7) is 2.63. The first-order valence-electron chi connectivity index (χ1n) is 6.71. The minimum absolute atomic E-state index is 0.0462. The molecule has 0 amide bonds. The molecule has 0 radical (unpaired) electrons. The third-order valence-corrected chi connectivity index (χ3v) is 3.10. The first-order valence-corrected chi connectivity index (χ1v) is 6.71. The Kier molecular flexibility index (Phi) is 7.36. The van der Waals surface area contributed by atoms with Crippen LogP contribution in [0.3, 0.4) is 0 Å². The summed E-state index contributed by atoms with van der Waals surface area (Å²) in [5.41, 5.74) is 1.15. The number of methoxy groups -OCH3 is 3. The van der Waals surface area contributed by atoms with E-state index in [0.29, 0.717) is 6.61 Å². The molecular weight excluding hydrogens is 258 g/mol. The van der Waals surface area contributed by atoms with E-state index in [0.717, 1.165) is 23.5 Å². The topological polar surface area (TPSA) is 60.0 Å². The summed E-state index contributed by atoms with van der Waals surface area (Å²) in [5.74, 6) is 1.46. The molecule has 114 valence electrons. The van der Waals surface area contributed by atoms with Gasteiger partial charge in [0.2, 0.25) is 0 Å². The molecule has 1 aromatic carbocycles. The largest absolute Gasteiger partial charge is 0.493 e. The van der Waals surface area contributed by atoms with Crippen molar-refractivity contribution in [3.05, 3.63) is 23.8 Å². The van der Waals surface area contributed by atoms with Crippen LogP contribution >= 0.6 is 0 Å².